The largest absolute Gasteiger partial charge is 0.335 e. The number of H-pyrrole nitrogens is 1. The van der Waals surface area contributed by atoms with E-state index in [1.807, 2.05) is 24.8 Å². The van der Waals surface area contributed by atoms with Gasteiger partial charge in [0.05, 0.1) is 24.0 Å². The second-order valence-electron chi connectivity index (χ2n) is 8.42. The van der Waals surface area contributed by atoms with E-state index < -0.39 is 6.03 Å². The summed E-state index contributed by atoms with van der Waals surface area (Å²) in [7, 11) is 0. The van der Waals surface area contributed by atoms with Crippen molar-refractivity contribution in [2.24, 2.45) is 5.92 Å². The first-order valence-corrected chi connectivity index (χ1v) is 10.7. The number of rotatable bonds is 6. The molecule has 1 heterocycles. The highest BCUT2D eigenvalue weighted by atomic mass is 16.2. The van der Waals surface area contributed by atoms with Crippen molar-refractivity contribution in [1.29, 1.82) is 0 Å². The smallest absolute Gasteiger partial charge is 0.321 e. The molecule has 1 aliphatic carbocycles. The van der Waals surface area contributed by atoms with E-state index in [1.165, 1.54) is 6.42 Å². The summed E-state index contributed by atoms with van der Waals surface area (Å²) >= 11 is 0. The number of fused-ring (bicyclic) bond motifs is 1. The van der Waals surface area contributed by atoms with E-state index >= 15 is 0 Å². The molecule has 8 heteroatoms. The van der Waals surface area contributed by atoms with Gasteiger partial charge in [-0.2, -0.15) is 0 Å². The van der Waals surface area contributed by atoms with Crippen LogP contribution in [0.25, 0.3) is 10.9 Å². The Bertz CT molecular complexity index is 955. The minimum Gasteiger partial charge on any atom is -0.335 e. The molecule has 3 amide bonds. The van der Waals surface area contributed by atoms with Gasteiger partial charge in [0, 0.05) is 12.1 Å². The zero-order valence-electron chi connectivity index (χ0n) is 17.9. The Balaban J connectivity index is 1.60. The molecule has 1 saturated carbocycles. The summed E-state index contributed by atoms with van der Waals surface area (Å²) in [4.78, 5) is 46.1. The fourth-order valence-corrected chi connectivity index (χ4v) is 3.91. The first-order chi connectivity index (χ1) is 14.3. The second kappa shape index (κ2) is 9.84. The Morgan fingerprint density at radius 1 is 1.23 bits per heavy atom. The Morgan fingerprint density at radius 2 is 1.97 bits per heavy atom. The molecule has 0 saturated heterocycles. The Hall–Kier alpha value is -2.74. The highest BCUT2D eigenvalue weighted by molar-refractivity contribution is 5.95. The Morgan fingerprint density at radius 3 is 2.70 bits per heavy atom. The van der Waals surface area contributed by atoms with Gasteiger partial charge in [-0.05, 0) is 44.7 Å². The molecule has 8 nitrogen and oxygen atoms in total. The number of nitrogens with zero attached hydrogens (tertiary/aromatic N) is 2. The topological polar surface area (TPSA) is 107 Å². The molecule has 1 aliphatic rings. The summed E-state index contributed by atoms with van der Waals surface area (Å²) in [5.74, 6) is 0.524. The molecule has 0 spiro atoms. The van der Waals surface area contributed by atoms with Crippen LogP contribution in [0.2, 0.25) is 0 Å². The van der Waals surface area contributed by atoms with Crippen LogP contribution in [0.5, 0.6) is 0 Å². The van der Waals surface area contributed by atoms with E-state index in [0.717, 1.165) is 19.3 Å². The number of carbonyl (C=O) groups excluding carboxylic acids is 2. The fraction of sp³-hybridized carbons (Fsp3) is 0.545. The van der Waals surface area contributed by atoms with Gasteiger partial charge in [-0.25, -0.2) is 9.78 Å². The van der Waals surface area contributed by atoms with Gasteiger partial charge in [0.15, 0.2) is 0 Å². The minimum atomic E-state index is -0.445. The summed E-state index contributed by atoms with van der Waals surface area (Å²) in [5.41, 5.74) is 0.412. The lowest BCUT2D eigenvalue weighted by atomic mass is 9.86. The van der Waals surface area contributed by atoms with Crippen LogP contribution in [0.15, 0.2) is 29.1 Å². The van der Waals surface area contributed by atoms with Crippen molar-refractivity contribution in [3.05, 3.63) is 40.4 Å². The van der Waals surface area contributed by atoms with Crippen LogP contribution in [0, 0.1) is 5.92 Å². The van der Waals surface area contributed by atoms with Gasteiger partial charge in [0.1, 0.15) is 5.82 Å². The average Bonchev–Trinajstić information content (AvgIpc) is 2.69. The number of aromatic amines is 1. The average molecular weight is 414 g/mol. The van der Waals surface area contributed by atoms with Crippen molar-refractivity contribution < 1.29 is 9.59 Å². The summed E-state index contributed by atoms with van der Waals surface area (Å²) in [6.07, 6.45) is 4.33. The predicted octanol–water partition coefficient (Wildman–Crippen LogP) is 2.54. The molecule has 1 aromatic heterocycles. The SMILES string of the molecule is CC(C)N(CC(=O)NC(=O)N[C@H]1CCCC[C@@H]1C)Cc1nc2ccccc2c(=O)[nH]1. The van der Waals surface area contributed by atoms with Gasteiger partial charge in [-0.3, -0.25) is 19.8 Å². The molecule has 3 N–H and O–H groups in total. The maximum atomic E-state index is 12.5. The van der Waals surface area contributed by atoms with Crippen LogP contribution in [0.3, 0.4) is 0 Å². The number of hydrogen-bond donors (Lipinski definition) is 3. The number of aromatic nitrogens is 2. The lowest BCUT2D eigenvalue weighted by Crippen LogP contribution is -2.50. The van der Waals surface area contributed by atoms with Crippen LogP contribution in [-0.4, -0.2) is 45.4 Å². The number of benzene rings is 1. The van der Waals surface area contributed by atoms with Gasteiger partial charge in [-0.1, -0.05) is 31.9 Å². The zero-order chi connectivity index (χ0) is 21.7. The molecular formula is C22H31N5O3. The van der Waals surface area contributed by atoms with Gasteiger partial charge in [0.2, 0.25) is 5.91 Å². The number of hydrogen-bond acceptors (Lipinski definition) is 5. The van der Waals surface area contributed by atoms with E-state index in [1.54, 1.807) is 18.2 Å². The van der Waals surface area contributed by atoms with Gasteiger partial charge in [-0.15, -0.1) is 0 Å². The van der Waals surface area contributed by atoms with Crippen molar-refractivity contribution in [2.75, 3.05) is 6.54 Å². The van der Waals surface area contributed by atoms with E-state index in [4.69, 9.17) is 0 Å². The van der Waals surface area contributed by atoms with Gasteiger partial charge in [0.25, 0.3) is 5.56 Å². The third-order valence-corrected chi connectivity index (χ3v) is 5.77. The molecule has 0 aliphatic heterocycles. The van der Waals surface area contributed by atoms with E-state index in [9.17, 15) is 14.4 Å². The molecule has 2 aromatic rings. The van der Waals surface area contributed by atoms with Crippen LogP contribution in [0.4, 0.5) is 4.79 Å². The summed E-state index contributed by atoms with van der Waals surface area (Å²) in [5, 5.41) is 5.90. The highest BCUT2D eigenvalue weighted by Crippen LogP contribution is 2.23. The van der Waals surface area contributed by atoms with Crippen LogP contribution < -0.4 is 16.2 Å². The first-order valence-electron chi connectivity index (χ1n) is 10.7. The maximum Gasteiger partial charge on any atom is 0.321 e. The number of para-hydroxylation sites is 1. The molecule has 30 heavy (non-hydrogen) atoms. The number of imide groups is 1. The number of amides is 3. The molecule has 0 bridgehead atoms. The lowest BCUT2D eigenvalue weighted by molar-refractivity contribution is -0.121. The van der Waals surface area contributed by atoms with Crippen molar-refractivity contribution in [1.82, 2.24) is 25.5 Å². The molecule has 1 fully saturated rings. The summed E-state index contributed by atoms with van der Waals surface area (Å²) < 4.78 is 0. The number of nitrogens with one attached hydrogen (secondary N) is 3. The molecule has 1 aromatic carbocycles. The zero-order valence-corrected chi connectivity index (χ0v) is 17.9. The number of carbonyl (C=O) groups is 2. The minimum absolute atomic E-state index is 0.0222. The first kappa shape index (κ1) is 22.0. The quantitative estimate of drug-likeness (QED) is 0.675. The highest BCUT2D eigenvalue weighted by Gasteiger charge is 2.24. The van der Waals surface area contributed by atoms with Gasteiger partial charge < -0.3 is 10.3 Å². The molecule has 0 unspecified atom stereocenters. The maximum absolute atomic E-state index is 12.5. The van der Waals surface area contributed by atoms with E-state index in [-0.39, 0.29) is 30.1 Å². The third kappa shape index (κ3) is 5.66. The van der Waals surface area contributed by atoms with E-state index in [0.29, 0.717) is 29.2 Å². The summed E-state index contributed by atoms with van der Waals surface area (Å²) in [6, 6.07) is 6.83. The second-order valence-corrected chi connectivity index (χ2v) is 8.42. The van der Waals surface area contributed by atoms with Crippen molar-refractivity contribution in [2.45, 2.75) is 65.1 Å². The van der Waals surface area contributed by atoms with Crippen molar-refractivity contribution in [3.63, 3.8) is 0 Å². The Labute approximate surface area is 176 Å². The Kier molecular flexibility index (Phi) is 7.20. The molecule has 0 radical (unpaired) electrons. The predicted molar refractivity (Wildman–Crippen MR) is 116 cm³/mol. The van der Waals surface area contributed by atoms with Crippen molar-refractivity contribution >= 4 is 22.8 Å². The summed E-state index contributed by atoms with van der Waals surface area (Å²) in [6.45, 7) is 6.37. The van der Waals surface area contributed by atoms with E-state index in [2.05, 4.69) is 27.5 Å². The lowest BCUT2D eigenvalue weighted by Gasteiger charge is -2.29. The normalized spacial score (nSPS) is 19.2. The van der Waals surface area contributed by atoms with Crippen LogP contribution >= 0.6 is 0 Å². The van der Waals surface area contributed by atoms with Crippen LogP contribution in [-0.2, 0) is 11.3 Å². The fourth-order valence-electron chi connectivity index (χ4n) is 3.91. The molecule has 162 valence electrons. The monoisotopic (exact) mass is 413 g/mol. The molecule has 3 rings (SSSR count). The van der Waals surface area contributed by atoms with Crippen LogP contribution in [0.1, 0.15) is 52.3 Å². The number of urea groups is 1. The molecular weight excluding hydrogens is 382 g/mol. The van der Waals surface area contributed by atoms with Gasteiger partial charge >= 0.3 is 6.03 Å². The standard InChI is InChI=1S/C22H31N5O3/c1-14(2)27(12-19-23-18-11-7-5-9-16(18)21(29)25-19)13-20(28)26-22(30)24-17-10-6-4-8-15(17)3/h5,7,9,11,14-15,17H,4,6,8,10,12-13H2,1-3H3,(H,23,25,29)(H2,24,26,28,30)/t15-,17-/m0/s1. The third-order valence-electron chi connectivity index (χ3n) is 5.77. The van der Waals surface area contributed by atoms with Crippen molar-refractivity contribution in [3.8, 4) is 0 Å². The molecule has 2 atom stereocenters.